The summed E-state index contributed by atoms with van der Waals surface area (Å²) in [4.78, 5) is 4.17. The van der Waals surface area contributed by atoms with Gasteiger partial charge in [0, 0.05) is 27.9 Å². The molecule has 1 heterocycles. The minimum Gasteiger partial charge on any atom is -0.339 e. The van der Waals surface area contributed by atoms with E-state index in [1.54, 1.807) is 18.2 Å². The number of hydrogen-bond donors (Lipinski definition) is 0. The zero-order valence-electron chi connectivity index (χ0n) is 8.08. The SMILES string of the molecule is ClCCc1nc(-c2cc(Cl)cc(Cl)c2)no1. The Morgan fingerprint density at radius 2 is 1.81 bits per heavy atom. The zero-order valence-corrected chi connectivity index (χ0v) is 10.4. The van der Waals surface area contributed by atoms with E-state index in [0.717, 1.165) is 5.56 Å². The molecule has 84 valence electrons. The van der Waals surface area contributed by atoms with E-state index in [1.165, 1.54) is 0 Å². The lowest BCUT2D eigenvalue weighted by Crippen LogP contribution is -1.86. The van der Waals surface area contributed by atoms with Crippen molar-refractivity contribution in [1.82, 2.24) is 10.1 Å². The Kier molecular flexibility index (Phi) is 3.69. The first-order valence-electron chi connectivity index (χ1n) is 4.54. The van der Waals surface area contributed by atoms with Crippen molar-refractivity contribution in [2.24, 2.45) is 0 Å². The number of alkyl halides is 1. The topological polar surface area (TPSA) is 38.9 Å². The molecule has 3 nitrogen and oxygen atoms in total. The summed E-state index contributed by atoms with van der Waals surface area (Å²) < 4.78 is 5.01. The van der Waals surface area contributed by atoms with E-state index < -0.39 is 0 Å². The first kappa shape index (κ1) is 11.7. The molecule has 0 saturated heterocycles. The molecular formula is C10H7Cl3N2O. The molecule has 0 unspecified atom stereocenters. The summed E-state index contributed by atoms with van der Waals surface area (Å²) in [7, 11) is 0. The molecule has 0 spiro atoms. The molecule has 0 aliphatic heterocycles. The largest absolute Gasteiger partial charge is 0.339 e. The fraction of sp³-hybridized carbons (Fsp3) is 0.200. The highest BCUT2D eigenvalue weighted by Gasteiger charge is 2.09. The maximum absolute atomic E-state index is 5.88. The van der Waals surface area contributed by atoms with Crippen LogP contribution in [0.5, 0.6) is 0 Å². The molecule has 0 atom stereocenters. The molecule has 0 N–H and O–H groups in total. The summed E-state index contributed by atoms with van der Waals surface area (Å²) in [6.07, 6.45) is 0.544. The Morgan fingerprint density at radius 3 is 2.44 bits per heavy atom. The first-order valence-corrected chi connectivity index (χ1v) is 5.83. The van der Waals surface area contributed by atoms with E-state index in [-0.39, 0.29) is 0 Å². The number of rotatable bonds is 3. The third-order valence-corrected chi connectivity index (χ3v) is 2.52. The van der Waals surface area contributed by atoms with Crippen molar-refractivity contribution in [3.8, 4) is 11.4 Å². The second-order valence-corrected chi connectivity index (χ2v) is 4.36. The van der Waals surface area contributed by atoms with Crippen molar-refractivity contribution in [3.63, 3.8) is 0 Å². The van der Waals surface area contributed by atoms with Gasteiger partial charge in [-0.25, -0.2) is 0 Å². The van der Waals surface area contributed by atoms with E-state index >= 15 is 0 Å². The number of halogens is 3. The molecule has 16 heavy (non-hydrogen) atoms. The van der Waals surface area contributed by atoms with E-state index in [1.807, 2.05) is 0 Å². The third-order valence-electron chi connectivity index (χ3n) is 1.90. The molecule has 1 aromatic carbocycles. The Hall–Kier alpha value is -0.770. The average Bonchev–Trinajstić information content (AvgIpc) is 2.65. The number of benzene rings is 1. The molecule has 0 bridgehead atoms. The summed E-state index contributed by atoms with van der Waals surface area (Å²) in [5.41, 5.74) is 0.724. The van der Waals surface area contributed by atoms with Gasteiger partial charge in [0.1, 0.15) is 0 Å². The predicted molar refractivity (Wildman–Crippen MR) is 64.2 cm³/mol. The van der Waals surface area contributed by atoms with Crippen molar-refractivity contribution in [2.45, 2.75) is 6.42 Å². The van der Waals surface area contributed by atoms with Crippen molar-refractivity contribution >= 4 is 34.8 Å². The standard InChI is InChI=1S/C10H7Cl3N2O/c11-2-1-9-14-10(15-16-9)6-3-7(12)5-8(13)4-6/h3-5H,1-2H2. The van der Waals surface area contributed by atoms with Crippen LogP contribution in [0.1, 0.15) is 5.89 Å². The maximum atomic E-state index is 5.88. The maximum Gasteiger partial charge on any atom is 0.228 e. The van der Waals surface area contributed by atoms with Crippen LogP contribution >= 0.6 is 34.8 Å². The van der Waals surface area contributed by atoms with Gasteiger partial charge in [0.15, 0.2) is 0 Å². The van der Waals surface area contributed by atoms with Crippen molar-refractivity contribution < 1.29 is 4.52 Å². The number of nitrogens with zero attached hydrogens (tertiary/aromatic N) is 2. The third kappa shape index (κ3) is 2.67. The predicted octanol–water partition coefficient (Wildman–Crippen LogP) is 3.82. The van der Waals surface area contributed by atoms with Crippen LogP contribution in [0.3, 0.4) is 0 Å². The Morgan fingerprint density at radius 1 is 1.12 bits per heavy atom. The van der Waals surface area contributed by atoms with Crippen LogP contribution in [0.25, 0.3) is 11.4 Å². The highest BCUT2D eigenvalue weighted by molar-refractivity contribution is 6.35. The fourth-order valence-electron chi connectivity index (χ4n) is 1.24. The molecule has 1 aromatic heterocycles. The van der Waals surface area contributed by atoms with E-state index in [0.29, 0.717) is 34.1 Å². The minimum absolute atomic E-state index is 0.442. The molecule has 0 amide bonds. The molecular weight excluding hydrogens is 270 g/mol. The summed E-state index contributed by atoms with van der Waals surface area (Å²) in [5, 5.41) is 4.89. The second kappa shape index (κ2) is 5.04. The van der Waals surface area contributed by atoms with Crippen LogP contribution < -0.4 is 0 Å². The minimum atomic E-state index is 0.442. The second-order valence-electron chi connectivity index (χ2n) is 3.11. The van der Waals surface area contributed by atoms with Gasteiger partial charge in [-0.2, -0.15) is 4.98 Å². The van der Waals surface area contributed by atoms with Gasteiger partial charge in [-0.1, -0.05) is 28.4 Å². The van der Waals surface area contributed by atoms with Crippen LogP contribution in [-0.2, 0) is 6.42 Å². The average molecular weight is 278 g/mol. The van der Waals surface area contributed by atoms with Gasteiger partial charge in [0.2, 0.25) is 11.7 Å². The number of aryl methyl sites for hydroxylation is 1. The Bertz CT molecular complexity index is 478. The smallest absolute Gasteiger partial charge is 0.228 e. The lowest BCUT2D eigenvalue weighted by atomic mass is 10.2. The van der Waals surface area contributed by atoms with Crippen LogP contribution in [0.2, 0.25) is 10.0 Å². The normalized spacial score (nSPS) is 10.7. The molecule has 2 aromatic rings. The molecule has 0 fully saturated rings. The number of aromatic nitrogens is 2. The molecule has 2 rings (SSSR count). The Balaban J connectivity index is 2.34. The van der Waals surface area contributed by atoms with Gasteiger partial charge in [-0.05, 0) is 18.2 Å². The molecule has 6 heteroatoms. The highest BCUT2D eigenvalue weighted by atomic mass is 35.5. The Labute approximate surface area is 107 Å². The summed E-state index contributed by atoms with van der Waals surface area (Å²) in [6.45, 7) is 0. The quantitative estimate of drug-likeness (QED) is 0.801. The van der Waals surface area contributed by atoms with Crippen molar-refractivity contribution in [2.75, 3.05) is 5.88 Å². The van der Waals surface area contributed by atoms with Crippen molar-refractivity contribution in [3.05, 3.63) is 34.1 Å². The molecule has 0 aliphatic carbocycles. The van der Waals surface area contributed by atoms with Crippen LogP contribution in [-0.4, -0.2) is 16.0 Å². The van der Waals surface area contributed by atoms with Crippen LogP contribution in [0.4, 0.5) is 0 Å². The lowest BCUT2D eigenvalue weighted by Gasteiger charge is -1.96. The van der Waals surface area contributed by atoms with Gasteiger partial charge in [0.05, 0.1) is 0 Å². The first-order chi connectivity index (χ1) is 7.69. The van der Waals surface area contributed by atoms with E-state index in [2.05, 4.69) is 10.1 Å². The molecule has 0 saturated carbocycles. The van der Waals surface area contributed by atoms with Gasteiger partial charge in [0.25, 0.3) is 0 Å². The fourth-order valence-corrected chi connectivity index (χ4v) is 1.93. The monoisotopic (exact) mass is 276 g/mol. The molecule has 0 radical (unpaired) electrons. The van der Waals surface area contributed by atoms with Crippen LogP contribution in [0, 0.1) is 0 Å². The van der Waals surface area contributed by atoms with Gasteiger partial charge in [-0.3, -0.25) is 0 Å². The van der Waals surface area contributed by atoms with Crippen LogP contribution in [0.15, 0.2) is 22.7 Å². The summed E-state index contributed by atoms with van der Waals surface area (Å²) in [6, 6.07) is 5.10. The van der Waals surface area contributed by atoms with E-state index in [4.69, 9.17) is 39.3 Å². The van der Waals surface area contributed by atoms with E-state index in [9.17, 15) is 0 Å². The zero-order chi connectivity index (χ0) is 11.5. The van der Waals surface area contributed by atoms with Crippen molar-refractivity contribution in [1.29, 1.82) is 0 Å². The van der Waals surface area contributed by atoms with Gasteiger partial charge < -0.3 is 4.52 Å². The van der Waals surface area contributed by atoms with Gasteiger partial charge in [-0.15, -0.1) is 11.6 Å². The number of hydrogen-bond acceptors (Lipinski definition) is 3. The highest BCUT2D eigenvalue weighted by Crippen LogP contribution is 2.25. The summed E-state index contributed by atoms with van der Waals surface area (Å²) in [5.74, 6) is 1.41. The molecule has 0 aliphatic rings. The van der Waals surface area contributed by atoms with Gasteiger partial charge >= 0.3 is 0 Å². The lowest BCUT2D eigenvalue weighted by molar-refractivity contribution is 0.383. The summed E-state index contributed by atoms with van der Waals surface area (Å²) >= 11 is 17.3.